The third kappa shape index (κ3) is 5.06. The first-order valence-electron chi connectivity index (χ1n) is 11.5. The smallest absolute Gasteiger partial charge is 0.349 e. The summed E-state index contributed by atoms with van der Waals surface area (Å²) in [5.74, 6) is -0.0830. The Morgan fingerprint density at radius 2 is 1.77 bits per heavy atom. The van der Waals surface area contributed by atoms with Gasteiger partial charge in [-0.25, -0.2) is 9.67 Å². The Balaban J connectivity index is 1.32. The SMILES string of the molecule is Cc1c(C(=O)N(Cc2ccc(C(=O)NC3CC3)cc2)C2CC2)cnn1-c1ccc(C(F)(F)F)cn1. The van der Waals surface area contributed by atoms with Crippen molar-refractivity contribution in [2.45, 2.75) is 57.4 Å². The van der Waals surface area contributed by atoms with Crippen LogP contribution in [0.25, 0.3) is 5.82 Å². The first-order valence-corrected chi connectivity index (χ1v) is 11.5. The molecule has 0 saturated heterocycles. The predicted molar refractivity (Wildman–Crippen MR) is 121 cm³/mol. The van der Waals surface area contributed by atoms with E-state index in [9.17, 15) is 22.8 Å². The quantitative estimate of drug-likeness (QED) is 0.544. The lowest BCUT2D eigenvalue weighted by Gasteiger charge is -2.22. The number of carbonyl (C=O) groups is 2. The molecule has 182 valence electrons. The lowest BCUT2D eigenvalue weighted by atomic mass is 10.1. The molecule has 3 aromatic rings. The van der Waals surface area contributed by atoms with E-state index in [0.29, 0.717) is 23.4 Å². The fourth-order valence-corrected chi connectivity index (χ4v) is 3.89. The van der Waals surface area contributed by atoms with E-state index in [2.05, 4.69) is 15.4 Å². The van der Waals surface area contributed by atoms with Crippen LogP contribution < -0.4 is 5.32 Å². The Labute approximate surface area is 200 Å². The highest BCUT2D eigenvalue weighted by Gasteiger charge is 2.35. The van der Waals surface area contributed by atoms with Crippen LogP contribution in [0.5, 0.6) is 0 Å². The summed E-state index contributed by atoms with van der Waals surface area (Å²) in [7, 11) is 0. The predicted octanol–water partition coefficient (Wildman–Crippen LogP) is 4.29. The summed E-state index contributed by atoms with van der Waals surface area (Å²) in [6.45, 7) is 2.08. The van der Waals surface area contributed by atoms with Crippen LogP contribution in [0.3, 0.4) is 0 Å². The van der Waals surface area contributed by atoms with Crippen LogP contribution in [0.2, 0.25) is 0 Å². The van der Waals surface area contributed by atoms with Crippen molar-refractivity contribution in [3.63, 3.8) is 0 Å². The Kier molecular flexibility index (Phi) is 5.82. The van der Waals surface area contributed by atoms with Crippen LogP contribution in [0, 0.1) is 6.92 Å². The molecule has 2 aliphatic rings. The van der Waals surface area contributed by atoms with E-state index in [0.717, 1.165) is 43.5 Å². The summed E-state index contributed by atoms with van der Waals surface area (Å²) < 4.78 is 39.9. The van der Waals surface area contributed by atoms with Gasteiger partial charge in [-0.05, 0) is 62.4 Å². The number of halogens is 3. The molecule has 2 aromatic heterocycles. The minimum atomic E-state index is -4.48. The van der Waals surface area contributed by atoms with E-state index in [1.807, 2.05) is 12.1 Å². The van der Waals surface area contributed by atoms with Gasteiger partial charge in [-0.15, -0.1) is 0 Å². The average molecular weight is 483 g/mol. The standard InChI is InChI=1S/C25H24F3N5O2/c1-15-21(13-30-33(15)22-11-6-18(12-29-22)25(26,27)28)24(35)32(20-9-10-20)14-16-2-4-17(5-3-16)23(34)31-19-7-8-19/h2-6,11-13,19-20H,7-10,14H2,1H3,(H,31,34). The number of benzene rings is 1. The third-order valence-corrected chi connectivity index (χ3v) is 6.26. The lowest BCUT2D eigenvalue weighted by Crippen LogP contribution is -2.33. The van der Waals surface area contributed by atoms with Gasteiger partial charge in [-0.2, -0.15) is 18.3 Å². The molecule has 1 aromatic carbocycles. The van der Waals surface area contributed by atoms with Gasteiger partial charge in [0.25, 0.3) is 11.8 Å². The van der Waals surface area contributed by atoms with Crippen LogP contribution in [-0.4, -0.2) is 43.6 Å². The number of alkyl halides is 3. The molecular weight excluding hydrogens is 459 g/mol. The number of hydrogen-bond acceptors (Lipinski definition) is 4. The second kappa shape index (κ2) is 8.83. The number of hydrogen-bond donors (Lipinski definition) is 1. The molecule has 0 atom stereocenters. The fourth-order valence-electron chi connectivity index (χ4n) is 3.89. The van der Waals surface area contributed by atoms with E-state index >= 15 is 0 Å². The molecule has 2 fully saturated rings. The highest BCUT2D eigenvalue weighted by molar-refractivity contribution is 5.96. The molecule has 0 bridgehead atoms. The van der Waals surface area contributed by atoms with E-state index < -0.39 is 11.7 Å². The van der Waals surface area contributed by atoms with Gasteiger partial charge < -0.3 is 10.2 Å². The van der Waals surface area contributed by atoms with Crippen molar-refractivity contribution in [1.29, 1.82) is 0 Å². The highest BCUT2D eigenvalue weighted by Crippen LogP contribution is 2.31. The monoisotopic (exact) mass is 483 g/mol. The number of nitrogens with zero attached hydrogens (tertiary/aromatic N) is 4. The number of aromatic nitrogens is 3. The van der Waals surface area contributed by atoms with Gasteiger partial charge in [0.2, 0.25) is 0 Å². The molecule has 2 heterocycles. The second-order valence-electron chi connectivity index (χ2n) is 9.07. The van der Waals surface area contributed by atoms with Crippen LogP contribution in [0.15, 0.2) is 48.8 Å². The van der Waals surface area contributed by atoms with Gasteiger partial charge in [-0.1, -0.05) is 12.1 Å². The molecule has 0 unspecified atom stereocenters. The van der Waals surface area contributed by atoms with Gasteiger partial charge in [0, 0.05) is 30.4 Å². The highest BCUT2D eigenvalue weighted by atomic mass is 19.4. The summed E-state index contributed by atoms with van der Waals surface area (Å²) in [5, 5.41) is 7.17. The molecule has 7 nitrogen and oxygen atoms in total. The maximum atomic E-state index is 13.4. The van der Waals surface area contributed by atoms with Crippen molar-refractivity contribution in [1.82, 2.24) is 25.0 Å². The van der Waals surface area contributed by atoms with Gasteiger partial charge >= 0.3 is 6.18 Å². The normalized spacial score (nSPS) is 15.7. The van der Waals surface area contributed by atoms with Crippen molar-refractivity contribution in [3.8, 4) is 5.82 Å². The zero-order valence-electron chi connectivity index (χ0n) is 19.0. The van der Waals surface area contributed by atoms with E-state index in [1.165, 1.54) is 16.9 Å². The van der Waals surface area contributed by atoms with Crippen molar-refractivity contribution in [2.75, 3.05) is 0 Å². The van der Waals surface area contributed by atoms with Crippen LogP contribution in [-0.2, 0) is 12.7 Å². The van der Waals surface area contributed by atoms with E-state index in [-0.39, 0.29) is 29.7 Å². The molecular formula is C25H24F3N5O2. The molecule has 5 rings (SSSR count). The summed E-state index contributed by atoms with van der Waals surface area (Å²) in [6, 6.07) is 9.82. The van der Waals surface area contributed by atoms with Crippen LogP contribution >= 0.6 is 0 Å². The number of pyridine rings is 1. The third-order valence-electron chi connectivity index (χ3n) is 6.26. The molecule has 0 radical (unpaired) electrons. The molecule has 2 saturated carbocycles. The fraction of sp³-hybridized carbons (Fsp3) is 0.360. The summed E-state index contributed by atoms with van der Waals surface area (Å²) in [5.41, 5.74) is 1.52. The first kappa shape index (κ1) is 23.1. The Morgan fingerprint density at radius 3 is 2.34 bits per heavy atom. The molecule has 0 aliphatic heterocycles. The minimum absolute atomic E-state index is 0.0888. The molecule has 10 heteroatoms. The van der Waals surface area contributed by atoms with E-state index in [1.54, 1.807) is 24.0 Å². The van der Waals surface area contributed by atoms with Crippen molar-refractivity contribution in [2.24, 2.45) is 0 Å². The molecule has 2 aliphatic carbocycles. The van der Waals surface area contributed by atoms with Gasteiger partial charge in [-0.3, -0.25) is 9.59 Å². The summed E-state index contributed by atoms with van der Waals surface area (Å²) in [4.78, 5) is 31.3. The molecule has 1 N–H and O–H groups in total. The number of nitrogens with one attached hydrogen (secondary N) is 1. The zero-order valence-corrected chi connectivity index (χ0v) is 19.0. The second-order valence-corrected chi connectivity index (χ2v) is 9.07. The lowest BCUT2D eigenvalue weighted by molar-refractivity contribution is -0.137. The van der Waals surface area contributed by atoms with Crippen molar-refractivity contribution >= 4 is 11.8 Å². The molecule has 0 spiro atoms. The average Bonchev–Trinajstić information content (AvgIpc) is 3.76. The topological polar surface area (TPSA) is 80.1 Å². The molecule has 2 amide bonds. The molecule has 35 heavy (non-hydrogen) atoms. The zero-order chi connectivity index (χ0) is 24.7. The Morgan fingerprint density at radius 1 is 1.06 bits per heavy atom. The maximum Gasteiger partial charge on any atom is 0.417 e. The van der Waals surface area contributed by atoms with Crippen molar-refractivity contribution < 1.29 is 22.8 Å². The maximum absolute atomic E-state index is 13.4. The van der Waals surface area contributed by atoms with Crippen LogP contribution in [0.4, 0.5) is 13.2 Å². The van der Waals surface area contributed by atoms with Gasteiger partial charge in [0.15, 0.2) is 5.82 Å². The number of carbonyl (C=O) groups excluding carboxylic acids is 2. The first-order chi connectivity index (χ1) is 16.7. The number of rotatable bonds is 7. The largest absolute Gasteiger partial charge is 0.417 e. The Hall–Kier alpha value is -3.69. The number of amides is 2. The summed E-state index contributed by atoms with van der Waals surface area (Å²) >= 11 is 0. The Bertz CT molecular complexity index is 1240. The summed E-state index contributed by atoms with van der Waals surface area (Å²) in [6.07, 6.45) is 1.56. The minimum Gasteiger partial charge on any atom is -0.349 e. The van der Waals surface area contributed by atoms with E-state index in [4.69, 9.17) is 0 Å². The van der Waals surface area contributed by atoms with Crippen LogP contribution in [0.1, 0.15) is 63.2 Å². The van der Waals surface area contributed by atoms with Gasteiger partial charge in [0.1, 0.15) is 0 Å². The van der Waals surface area contributed by atoms with Gasteiger partial charge in [0.05, 0.1) is 23.0 Å². The van der Waals surface area contributed by atoms with Crippen molar-refractivity contribution in [3.05, 3.63) is 76.7 Å².